The Morgan fingerprint density at radius 2 is 2.22 bits per heavy atom. The van der Waals surface area contributed by atoms with E-state index in [4.69, 9.17) is 0 Å². The van der Waals surface area contributed by atoms with Crippen molar-refractivity contribution in [1.29, 1.82) is 5.26 Å². The van der Waals surface area contributed by atoms with E-state index >= 15 is 0 Å². The van der Waals surface area contributed by atoms with Gasteiger partial charge in [-0.15, -0.1) is 0 Å². The van der Waals surface area contributed by atoms with Crippen molar-refractivity contribution in [2.45, 2.75) is 83.0 Å². The molecule has 3 unspecified atom stereocenters. The Hall–Kier alpha value is -0.590. The molecule has 1 saturated carbocycles. The smallest absolute Gasteiger partial charge is 0.108 e. The van der Waals surface area contributed by atoms with Gasteiger partial charge >= 0.3 is 0 Å². The zero-order valence-corrected chi connectivity index (χ0v) is 12.1. The fraction of sp³-hybridized carbons (Fsp3) is 0.933. The fourth-order valence-electron chi connectivity index (χ4n) is 3.90. The van der Waals surface area contributed by atoms with Crippen molar-refractivity contribution in [3.63, 3.8) is 0 Å². The lowest BCUT2D eigenvalue weighted by Gasteiger charge is -2.31. The molecule has 2 fully saturated rings. The summed E-state index contributed by atoms with van der Waals surface area (Å²) in [5.74, 6) is 0. The van der Waals surface area contributed by atoms with Crippen molar-refractivity contribution in [3.05, 3.63) is 0 Å². The quantitative estimate of drug-likeness (QED) is 0.832. The Morgan fingerprint density at radius 3 is 2.83 bits per heavy atom. The van der Waals surface area contributed by atoms with Crippen LogP contribution in [0.3, 0.4) is 0 Å². The molecule has 1 N–H and O–H groups in total. The molecule has 1 aliphatic heterocycles. The van der Waals surface area contributed by atoms with Crippen molar-refractivity contribution < 1.29 is 0 Å². The first-order valence-corrected chi connectivity index (χ1v) is 7.55. The largest absolute Gasteiger partial charge is 0.297 e. The Bertz CT molecular complexity index is 320. The van der Waals surface area contributed by atoms with Crippen molar-refractivity contribution in [2.24, 2.45) is 0 Å². The van der Waals surface area contributed by atoms with Crippen LogP contribution in [0.15, 0.2) is 0 Å². The van der Waals surface area contributed by atoms with Crippen molar-refractivity contribution in [1.82, 2.24) is 10.2 Å². The molecule has 0 radical (unpaired) electrons. The van der Waals surface area contributed by atoms with Gasteiger partial charge in [0.15, 0.2) is 0 Å². The summed E-state index contributed by atoms with van der Waals surface area (Å²) in [6.45, 7) is 7.81. The van der Waals surface area contributed by atoms with Crippen LogP contribution in [0.2, 0.25) is 0 Å². The molecule has 0 amide bonds. The number of nitrogens with zero attached hydrogens (tertiary/aromatic N) is 2. The summed E-state index contributed by atoms with van der Waals surface area (Å²) in [6.07, 6.45) is 7.16. The minimum atomic E-state index is -0.264. The highest BCUT2D eigenvalue weighted by atomic mass is 15.2. The summed E-state index contributed by atoms with van der Waals surface area (Å²) in [7, 11) is 0. The fourth-order valence-corrected chi connectivity index (χ4v) is 3.90. The Balaban J connectivity index is 2.00. The van der Waals surface area contributed by atoms with Crippen LogP contribution in [0.1, 0.15) is 59.3 Å². The second-order valence-corrected chi connectivity index (χ2v) is 6.33. The Kier molecular flexibility index (Phi) is 4.29. The molecule has 0 aromatic rings. The van der Waals surface area contributed by atoms with Gasteiger partial charge in [-0.3, -0.25) is 10.2 Å². The second-order valence-electron chi connectivity index (χ2n) is 6.33. The third-order valence-corrected chi connectivity index (χ3v) is 4.63. The third-order valence-electron chi connectivity index (χ3n) is 4.63. The zero-order valence-electron chi connectivity index (χ0n) is 12.1. The van der Waals surface area contributed by atoms with Crippen LogP contribution >= 0.6 is 0 Å². The first kappa shape index (κ1) is 13.8. The summed E-state index contributed by atoms with van der Waals surface area (Å²) in [6, 6.07) is 4.35. The van der Waals surface area contributed by atoms with Crippen LogP contribution in [0.4, 0.5) is 0 Å². The molecule has 3 atom stereocenters. The Morgan fingerprint density at radius 1 is 1.44 bits per heavy atom. The molecule has 102 valence electrons. The van der Waals surface area contributed by atoms with Crippen LogP contribution in [0, 0.1) is 11.3 Å². The molecule has 1 aliphatic carbocycles. The van der Waals surface area contributed by atoms with Crippen LogP contribution in [-0.4, -0.2) is 35.1 Å². The standard InChI is InChI=1S/C15H27N3/c1-4-13-6-5-9-18(13)14-7-8-15(10-14,11-16)17-12(2)3/h12-14,17H,4-10H2,1-3H3. The Labute approximate surface area is 112 Å². The molecule has 2 rings (SSSR count). The van der Waals surface area contributed by atoms with E-state index in [1.807, 2.05) is 0 Å². The van der Waals surface area contributed by atoms with E-state index in [1.54, 1.807) is 0 Å². The van der Waals surface area contributed by atoms with E-state index in [2.05, 4.69) is 37.1 Å². The highest BCUT2D eigenvalue weighted by Crippen LogP contribution is 2.36. The minimum absolute atomic E-state index is 0.264. The average molecular weight is 249 g/mol. The van der Waals surface area contributed by atoms with Crippen LogP contribution in [0.5, 0.6) is 0 Å². The number of likely N-dealkylation sites (tertiary alicyclic amines) is 1. The lowest BCUT2D eigenvalue weighted by Crippen LogP contribution is -2.47. The number of hydrogen-bond acceptors (Lipinski definition) is 3. The van der Waals surface area contributed by atoms with Crippen LogP contribution in [0.25, 0.3) is 0 Å². The maximum Gasteiger partial charge on any atom is 0.108 e. The second kappa shape index (κ2) is 5.59. The molecule has 1 heterocycles. The molecule has 0 bridgehead atoms. The summed E-state index contributed by atoms with van der Waals surface area (Å²) in [5, 5.41) is 13.0. The van der Waals surface area contributed by atoms with E-state index in [9.17, 15) is 5.26 Å². The molecular formula is C15H27N3. The third kappa shape index (κ3) is 2.70. The molecular weight excluding hydrogens is 222 g/mol. The molecule has 2 aliphatic rings. The highest BCUT2D eigenvalue weighted by Gasteiger charge is 2.43. The molecule has 18 heavy (non-hydrogen) atoms. The monoisotopic (exact) mass is 249 g/mol. The van der Waals surface area contributed by atoms with E-state index < -0.39 is 0 Å². The first-order valence-electron chi connectivity index (χ1n) is 7.55. The molecule has 0 spiro atoms. The van der Waals surface area contributed by atoms with Crippen LogP contribution < -0.4 is 5.32 Å². The number of nitriles is 1. The van der Waals surface area contributed by atoms with Crippen LogP contribution in [-0.2, 0) is 0 Å². The molecule has 0 aromatic heterocycles. The topological polar surface area (TPSA) is 39.1 Å². The van der Waals surface area contributed by atoms with Gasteiger partial charge in [-0.05, 0) is 58.9 Å². The molecule has 0 aromatic carbocycles. The summed E-state index contributed by atoms with van der Waals surface area (Å²) in [5.41, 5.74) is -0.264. The lowest BCUT2D eigenvalue weighted by molar-refractivity contribution is 0.171. The predicted molar refractivity (Wildman–Crippen MR) is 74.3 cm³/mol. The number of rotatable bonds is 4. The van der Waals surface area contributed by atoms with E-state index in [1.165, 1.54) is 32.2 Å². The van der Waals surface area contributed by atoms with Gasteiger partial charge in [-0.25, -0.2) is 0 Å². The molecule has 1 saturated heterocycles. The average Bonchev–Trinajstić information content (AvgIpc) is 2.94. The maximum atomic E-state index is 9.52. The predicted octanol–water partition coefficient (Wildman–Crippen LogP) is 2.67. The lowest BCUT2D eigenvalue weighted by atomic mass is 9.98. The van der Waals surface area contributed by atoms with Gasteiger partial charge in [0.25, 0.3) is 0 Å². The van der Waals surface area contributed by atoms with Gasteiger partial charge in [-0.1, -0.05) is 6.92 Å². The highest BCUT2D eigenvalue weighted by molar-refractivity contribution is 5.14. The minimum Gasteiger partial charge on any atom is -0.297 e. The normalized spacial score (nSPS) is 37.3. The summed E-state index contributed by atoms with van der Waals surface area (Å²) < 4.78 is 0. The van der Waals surface area contributed by atoms with E-state index in [0.29, 0.717) is 12.1 Å². The van der Waals surface area contributed by atoms with Crippen molar-refractivity contribution in [3.8, 4) is 6.07 Å². The molecule has 3 heteroatoms. The van der Waals surface area contributed by atoms with E-state index in [0.717, 1.165) is 18.9 Å². The van der Waals surface area contributed by atoms with Gasteiger partial charge in [0.05, 0.1) is 6.07 Å². The van der Waals surface area contributed by atoms with Gasteiger partial charge in [0.2, 0.25) is 0 Å². The number of nitrogens with one attached hydrogen (secondary N) is 1. The molecule has 3 nitrogen and oxygen atoms in total. The summed E-state index contributed by atoms with van der Waals surface area (Å²) >= 11 is 0. The van der Waals surface area contributed by atoms with Gasteiger partial charge in [0.1, 0.15) is 5.54 Å². The zero-order chi connectivity index (χ0) is 13.2. The van der Waals surface area contributed by atoms with Gasteiger partial charge in [0, 0.05) is 18.1 Å². The van der Waals surface area contributed by atoms with Crippen molar-refractivity contribution >= 4 is 0 Å². The van der Waals surface area contributed by atoms with Gasteiger partial charge in [-0.2, -0.15) is 5.26 Å². The van der Waals surface area contributed by atoms with Gasteiger partial charge < -0.3 is 0 Å². The van der Waals surface area contributed by atoms with E-state index in [-0.39, 0.29) is 5.54 Å². The van der Waals surface area contributed by atoms with Crippen molar-refractivity contribution in [2.75, 3.05) is 6.54 Å². The number of hydrogen-bond donors (Lipinski definition) is 1. The maximum absolute atomic E-state index is 9.52. The SMILES string of the molecule is CCC1CCCN1C1CCC(C#N)(NC(C)C)C1. The summed E-state index contributed by atoms with van der Waals surface area (Å²) in [4.78, 5) is 2.68. The first-order chi connectivity index (χ1) is 8.60.